The quantitative estimate of drug-likeness (QED) is 0.374. The van der Waals surface area contributed by atoms with Gasteiger partial charge in [-0.1, -0.05) is 43.5 Å². The second-order valence-electron chi connectivity index (χ2n) is 9.85. The van der Waals surface area contributed by atoms with Crippen molar-refractivity contribution in [3.05, 3.63) is 33.8 Å². The molecule has 2 saturated heterocycles. The van der Waals surface area contributed by atoms with Gasteiger partial charge in [0.2, 0.25) is 0 Å². The number of fused-ring (bicyclic) bond motifs is 2. The van der Waals surface area contributed by atoms with Crippen LogP contribution in [0.15, 0.2) is 18.2 Å². The summed E-state index contributed by atoms with van der Waals surface area (Å²) in [6.45, 7) is 0.450. The summed E-state index contributed by atoms with van der Waals surface area (Å²) in [4.78, 5) is 65.0. The Labute approximate surface area is 218 Å². The highest BCUT2D eigenvalue weighted by atomic mass is 35.5. The lowest BCUT2D eigenvalue weighted by Gasteiger charge is -2.56. The van der Waals surface area contributed by atoms with Crippen molar-refractivity contribution >= 4 is 59.5 Å². The third-order valence-corrected chi connectivity index (χ3v) is 6.72. The van der Waals surface area contributed by atoms with Gasteiger partial charge < -0.3 is 24.2 Å². The molecule has 10 nitrogen and oxygen atoms in total. The van der Waals surface area contributed by atoms with Crippen molar-refractivity contribution in [3.8, 4) is 0 Å². The number of amides is 2. The zero-order valence-electron chi connectivity index (χ0n) is 20.5. The fourth-order valence-electron chi connectivity index (χ4n) is 4.73. The van der Waals surface area contributed by atoms with Crippen molar-refractivity contribution in [2.24, 2.45) is 5.92 Å². The van der Waals surface area contributed by atoms with Crippen LogP contribution in [-0.2, 0) is 28.5 Å². The molecule has 0 aromatic heterocycles. The number of Topliss-reactive ketones (excluding diaryl/α,β-unsaturated/α-hetero) is 1. The molecule has 2 N–H and O–H groups in total. The summed E-state index contributed by atoms with van der Waals surface area (Å²) < 4.78 is 15.7. The third-order valence-electron chi connectivity index (χ3n) is 6.16. The molecule has 0 aliphatic carbocycles. The molecule has 3 rings (SSSR count). The Bertz CT molecular complexity index is 1070. The van der Waals surface area contributed by atoms with Crippen molar-refractivity contribution in [1.29, 1.82) is 0 Å². The topological polar surface area (TPSA) is 132 Å². The zero-order chi connectivity index (χ0) is 26.8. The number of rotatable bonds is 9. The molecule has 2 aliphatic rings. The molecule has 0 radical (unpaired) electrons. The summed E-state index contributed by atoms with van der Waals surface area (Å²) in [6.07, 6.45) is -0.705. The first-order valence-corrected chi connectivity index (χ1v) is 12.3. The van der Waals surface area contributed by atoms with E-state index in [2.05, 4.69) is 9.97 Å². The normalized spacial score (nSPS) is 24.0. The fourth-order valence-corrected chi connectivity index (χ4v) is 5.10. The Kier molecular flexibility index (Phi) is 8.37. The highest BCUT2D eigenvalue weighted by molar-refractivity contribution is 6.66. The first kappa shape index (κ1) is 28.0. The van der Waals surface area contributed by atoms with Gasteiger partial charge in [-0.2, -0.15) is 0 Å². The Morgan fingerprint density at radius 2 is 1.89 bits per heavy atom. The van der Waals surface area contributed by atoms with E-state index in [1.807, 2.05) is 13.8 Å². The molecule has 196 valence electrons. The predicted octanol–water partition coefficient (Wildman–Crippen LogP) is 2.29. The minimum atomic E-state index is -2.97. The molecule has 13 heteroatoms. The van der Waals surface area contributed by atoms with E-state index in [4.69, 9.17) is 32.5 Å². The van der Waals surface area contributed by atoms with E-state index in [1.54, 1.807) is 0 Å². The van der Waals surface area contributed by atoms with Crippen molar-refractivity contribution < 1.29 is 37.9 Å². The van der Waals surface area contributed by atoms with Gasteiger partial charge in [-0.05, 0) is 36.4 Å². The zero-order valence-corrected chi connectivity index (χ0v) is 22.0. The van der Waals surface area contributed by atoms with E-state index in [1.165, 1.54) is 37.2 Å². The van der Waals surface area contributed by atoms with Crippen LogP contribution in [0.5, 0.6) is 0 Å². The smallest absolute Gasteiger partial charge is 0.576 e. The minimum absolute atomic E-state index is 0.00863. The number of benzene rings is 1. The van der Waals surface area contributed by atoms with Crippen LogP contribution in [0.1, 0.15) is 49.9 Å². The number of hydrogen-bond donors (Lipinski definition) is 1. The molecule has 1 aromatic carbocycles. The van der Waals surface area contributed by atoms with Crippen LogP contribution in [0.25, 0.3) is 0 Å². The summed E-state index contributed by atoms with van der Waals surface area (Å²) in [6, 6.07) is 4.39. The highest BCUT2D eigenvalue weighted by Gasteiger charge is 2.65. The van der Waals surface area contributed by atoms with Crippen LogP contribution in [0, 0.1) is 5.92 Å². The number of nitrogens with zero attached hydrogens (tertiary/aromatic N) is 1. The molecule has 0 saturated carbocycles. The van der Waals surface area contributed by atoms with Gasteiger partial charge in [0.15, 0.2) is 0 Å². The Balaban J connectivity index is 1.82. The second kappa shape index (κ2) is 10.8. The average Bonchev–Trinajstić information content (AvgIpc) is 2.76. The van der Waals surface area contributed by atoms with E-state index in [0.717, 1.165) is 0 Å². The van der Waals surface area contributed by atoms with E-state index in [-0.39, 0.29) is 35.9 Å². The number of likely N-dealkylation sites (N-methyl/N-ethyl adjacent to an activating group) is 1. The molecular weight excluding hydrogens is 514 g/mol. The molecule has 2 amide bonds. The van der Waals surface area contributed by atoms with Crippen LogP contribution < -0.4 is 5.32 Å². The second-order valence-corrected chi connectivity index (χ2v) is 10.7. The SMILES string of the molecule is CC(C)C[C@H](CC(=O)CNC(=O)c1cc(Cl)ccc1Cl)[B-]12OC(=O)C[C@@](C(=O)N(C)C)(CC(=O)[OH+]1)O2. The van der Waals surface area contributed by atoms with Crippen molar-refractivity contribution in [2.45, 2.75) is 50.9 Å². The third kappa shape index (κ3) is 6.01. The number of aliphatic carboxylic acids is 1. The van der Waals surface area contributed by atoms with E-state index in [0.29, 0.717) is 11.4 Å². The molecule has 2 fully saturated rings. The van der Waals surface area contributed by atoms with Crippen molar-refractivity contribution in [3.63, 3.8) is 0 Å². The fraction of sp³-hybridized carbons (Fsp3) is 0.522. The molecule has 2 bridgehead atoms. The maximum absolute atomic E-state index is 13.0. The number of halogens is 2. The Hall–Kier alpha value is -2.63. The van der Waals surface area contributed by atoms with Crippen LogP contribution in [0.3, 0.4) is 0 Å². The molecule has 2 aliphatic heterocycles. The first-order valence-electron chi connectivity index (χ1n) is 11.6. The van der Waals surface area contributed by atoms with E-state index < -0.39 is 54.1 Å². The number of carbonyl (C=O) groups excluding carboxylic acids is 4. The van der Waals surface area contributed by atoms with Gasteiger partial charge in [0, 0.05) is 23.9 Å². The lowest BCUT2D eigenvalue weighted by molar-refractivity contribution is -0.204. The van der Waals surface area contributed by atoms with Crippen LogP contribution in [0.2, 0.25) is 15.9 Å². The molecule has 1 unspecified atom stereocenters. The summed E-state index contributed by atoms with van der Waals surface area (Å²) >= 11 is 12.0. The molecule has 2 heterocycles. The van der Waals surface area contributed by atoms with Crippen LogP contribution in [0.4, 0.5) is 0 Å². The molecular formula is C23H29BCl2N2O8. The lowest BCUT2D eigenvalue weighted by atomic mass is 9.55. The molecule has 36 heavy (non-hydrogen) atoms. The van der Waals surface area contributed by atoms with Gasteiger partial charge in [0.25, 0.3) is 17.8 Å². The monoisotopic (exact) mass is 542 g/mol. The van der Waals surface area contributed by atoms with Crippen molar-refractivity contribution in [2.75, 3.05) is 20.6 Å². The highest BCUT2D eigenvalue weighted by Crippen LogP contribution is 2.45. The number of carbonyl (C=O) groups is 5. The molecule has 0 spiro atoms. The van der Waals surface area contributed by atoms with Gasteiger partial charge in [-0.25, -0.2) is 0 Å². The first-order chi connectivity index (χ1) is 16.8. The number of nitrogens with one attached hydrogen (secondary N) is 1. The maximum atomic E-state index is 13.0. The summed E-state index contributed by atoms with van der Waals surface area (Å²) in [5, 5.41) is 2.99. The molecule has 1 aromatic rings. The summed E-state index contributed by atoms with van der Waals surface area (Å²) in [5.74, 6) is -3.71. The predicted molar refractivity (Wildman–Crippen MR) is 132 cm³/mol. The largest absolute Gasteiger partial charge is 0.718 e. The number of carboxylic acids is 1. The van der Waals surface area contributed by atoms with Gasteiger partial charge in [0.1, 0.15) is 17.8 Å². The van der Waals surface area contributed by atoms with Crippen LogP contribution in [-0.4, -0.2) is 72.1 Å². The number of hydrogen-bond acceptors (Lipinski definition) is 7. The lowest BCUT2D eigenvalue weighted by Crippen LogP contribution is -2.72. The van der Waals surface area contributed by atoms with Gasteiger partial charge >= 0.3 is 12.7 Å². The summed E-state index contributed by atoms with van der Waals surface area (Å²) in [5.41, 5.74) is -1.61. The minimum Gasteiger partial charge on any atom is -0.718 e. The standard InChI is InChI=1S/C23H29BCl2N2O8/c1-13(2)7-14(8-16(29)12-27-21(32)17-9-15(25)5-6-18(17)26)24-34-19(30)10-23(36-24,11-20(31)35-24)22(33)28(3)4/h5-6,9,13-14,34H,7-8,10-12H2,1-4H3,(H,27,32)/t14-,23-,24?/m1/s1. The summed E-state index contributed by atoms with van der Waals surface area (Å²) in [7, 11) is 2.99. The van der Waals surface area contributed by atoms with Crippen molar-refractivity contribution in [1.82, 2.24) is 10.2 Å². The Morgan fingerprint density at radius 1 is 1.19 bits per heavy atom. The Morgan fingerprint density at radius 3 is 2.53 bits per heavy atom. The maximum Gasteiger partial charge on any atom is 0.576 e. The van der Waals surface area contributed by atoms with E-state index >= 15 is 0 Å². The van der Waals surface area contributed by atoms with Gasteiger partial charge in [0.05, 0.1) is 23.6 Å². The average molecular weight is 543 g/mol. The van der Waals surface area contributed by atoms with Crippen LogP contribution >= 0.6 is 23.2 Å². The van der Waals surface area contributed by atoms with Gasteiger partial charge in [-0.15, -0.1) is 0 Å². The van der Waals surface area contributed by atoms with E-state index in [9.17, 15) is 24.0 Å². The molecule has 3 atom stereocenters. The van der Waals surface area contributed by atoms with Gasteiger partial charge in [-0.3, -0.25) is 19.2 Å². The number of ketones is 1.